The Kier molecular flexibility index (Phi) is 4.75. The van der Waals surface area contributed by atoms with E-state index in [1.54, 1.807) is 30.3 Å². The van der Waals surface area contributed by atoms with Crippen LogP contribution in [0.25, 0.3) is 0 Å². The van der Waals surface area contributed by atoms with E-state index in [2.05, 4.69) is 21.2 Å². The third kappa shape index (κ3) is 3.68. The Labute approximate surface area is 137 Å². The van der Waals surface area contributed by atoms with Crippen LogP contribution >= 0.6 is 27.5 Å². The van der Waals surface area contributed by atoms with E-state index in [0.29, 0.717) is 22.0 Å². The number of nitrogens with two attached hydrogens (primary N) is 1. The minimum atomic E-state index is -0.241. The zero-order chi connectivity index (χ0) is 15.6. The zero-order valence-corrected chi connectivity index (χ0v) is 14.0. The van der Waals surface area contributed by atoms with E-state index in [1.807, 2.05) is 25.1 Å². The molecule has 0 fully saturated rings. The van der Waals surface area contributed by atoms with E-state index in [9.17, 15) is 4.79 Å². The molecule has 0 atom stereocenters. The van der Waals surface area contributed by atoms with Gasteiger partial charge in [-0.2, -0.15) is 0 Å². The largest absolute Gasteiger partial charge is 0.397 e. The van der Waals surface area contributed by atoms with E-state index in [0.717, 1.165) is 10.2 Å². The lowest BCUT2D eigenvalue weighted by molar-refractivity contribution is 0.102. The average molecular weight is 369 g/mol. The van der Waals surface area contributed by atoms with Crippen molar-refractivity contribution in [2.24, 2.45) is 0 Å². The number of carbonyl (C=O) groups excluding carboxylic acids is 1. The minimum Gasteiger partial charge on any atom is -0.397 e. The summed E-state index contributed by atoms with van der Waals surface area (Å²) < 4.78 is 0.762. The van der Waals surface area contributed by atoms with Crippen molar-refractivity contribution in [2.75, 3.05) is 30.0 Å². The van der Waals surface area contributed by atoms with Gasteiger partial charge in [0.1, 0.15) is 0 Å². The van der Waals surface area contributed by atoms with Crippen molar-refractivity contribution in [3.8, 4) is 0 Å². The molecule has 1 amide bonds. The predicted molar refractivity (Wildman–Crippen MR) is 92.3 cm³/mol. The number of halogens is 2. The van der Waals surface area contributed by atoms with Crippen molar-refractivity contribution in [1.29, 1.82) is 0 Å². The van der Waals surface area contributed by atoms with E-state index in [4.69, 9.17) is 17.3 Å². The molecule has 0 aliphatic heterocycles. The molecule has 0 unspecified atom stereocenters. The number of hydrogen-bond donors (Lipinski definition) is 2. The molecule has 0 aliphatic carbocycles. The molecule has 0 aliphatic rings. The Balaban J connectivity index is 2.24. The Morgan fingerprint density at radius 2 is 1.95 bits per heavy atom. The summed E-state index contributed by atoms with van der Waals surface area (Å²) in [6.07, 6.45) is 0. The van der Waals surface area contributed by atoms with Crippen molar-refractivity contribution in [1.82, 2.24) is 0 Å². The summed E-state index contributed by atoms with van der Waals surface area (Å²) in [6.45, 7) is 0. The SMILES string of the molecule is CN(C)c1ccc(C(=O)Nc2cc(Cl)ccc2Br)cc1N. The second-order valence-electron chi connectivity index (χ2n) is 4.75. The molecule has 0 radical (unpaired) electrons. The fourth-order valence-corrected chi connectivity index (χ4v) is 2.41. The summed E-state index contributed by atoms with van der Waals surface area (Å²) in [5.41, 5.74) is 8.48. The molecule has 2 rings (SSSR count). The van der Waals surface area contributed by atoms with Gasteiger partial charge in [0.05, 0.1) is 17.1 Å². The molecule has 6 heteroatoms. The van der Waals surface area contributed by atoms with E-state index in [1.165, 1.54) is 0 Å². The highest BCUT2D eigenvalue weighted by Crippen LogP contribution is 2.27. The Morgan fingerprint density at radius 1 is 1.24 bits per heavy atom. The lowest BCUT2D eigenvalue weighted by atomic mass is 10.1. The molecule has 0 aromatic heterocycles. The molecule has 0 saturated carbocycles. The van der Waals surface area contributed by atoms with Crippen LogP contribution in [-0.2, 0) is 0 Å². The third-order valence-corrected chi connectivity index (χ3v) is 3.87. The molecule has 0 spiro atoms. The topological polar surface area (TPSA) is 58.4 Å². The van der Waals surface area contributed by atoms with Crippen LogP contribution in [-0.4, -0.2) is 20.0 Å². The number of carbonyl (C=O) groups is 1. The van der Waals surface area contributed by atoms with Crippen LogP contribution in [0.4, 0.5) is 17.1 Å². The van der Waals surface area contributed by atoms with Gasteiger partial charge in [0.2, 0.25) is 0 Å². The summed E-state index contributed by atoms with van der Waals surface area (Å²) in [5, 5.41) is 3.36. The van der Waals surface area contributed by atoms with Gasteiger partial charge in [0.25, 0.3) is 5.91 Å². The smallest absolute Gasteiger partial charge is 0.255 e. The number of benzene rings is 2. The highest BCUT2D eigenvalue weighted by atomic mass is 79.9. The van der Waals surface area contributed by atoms with Crippen molar-refractivity contribution in [3.05, 3.63) is 51.5 Å². The van der Waals surface area contributed by atoms with E-state index in [-0.39, 0.29) is 5.91 Å². The third-order valence-electron chi connectivity index (χ3n) is 2.95. The lowest BCUT2D eigenvalue weighted by Gasteiger charge is -2.16. The molecule has 110 valence electrons. The van der Waals surface area contributed by atoms with Crippen molar-refractivity contribution in [3.63, 3.8) is 0 Å². The first kappa shape index (κ1) is 15.7. The Morgan fingerprint density at radius 3 is 2.57 bits per heavy atom. The van der Waals surface area contributed by atoms with Gasteiger partial charge in [-0.25, -0.2) is 0 Å². The summed E-state index contributed by atoms with van der Waals surface area (Å²) in [4.78, 5) is 14.2. The standard InChI is InChI=1S/C15H15BrClN3O/c1-20(2)14-6-3-9(7-12(14)18)15(21)19-13-8-10(17)4-5-11(13)16/h3-8H,18H2,1-2H3,(H,19,21). The van der Waals surface area contributed by atoms with Crippen LogP contribution in [0.2, 0.25) is 5.02 Å². The highest BCUT2D eigenvalue weighted by molar-refractivity contribution is 9.10. The number of rotatable bonds is 3. The Hall–Kier alpha value is -1.72. The fraction of sp³-hybridized carbons (Fsp3) is 0.133. The van der Waals surface area contributed by atoms with Gasteiger partial charge in [-0.3, -0.25) is 4.79 Å². The minimum absolute atomic E-state index is 0.241. The van der Waals surface area contributed by atoms with E-state index < -0.39 is 0 Å². The number of nitrogens with one attached hydrogen (secondary N) is 1. The maximum atomic E-state index is 12.3. The normalized spacial score (nSPS) is 10.3. The summed E-state index contributed by atoms with van der Waals surface area (Å²) in [5.74, 6) is -0.241. The second-order valence-corrected chi connectivity index (χ2v) is 6.04. The van der Waals surface area contributed by atoms with Crippen LogP contribution in [0.3, 0.4) is 0 Å². The quantitative estimate of drug-likeness (QED) is 0.805. The second kappa shape index (κ2) is 6.37. The molecule has 21 heavy (non-hydrogen) atoms. The van der Waals surface area contributed by atoms with Gasteiger partial charge >= 0.3 is 0 Å². The molecule has 2 aromatic rings. The fourth-order valence-electron chi connectivity index (χ4n) is 1.89. The van der Waals surface area contributed by atoms with Gasteiger partial charge in [0, 0.05) is 29.2 Å². The van der Waals surface area contributed by atoms with Gasteiger partial charge in [0.15, 0.2) is 0 Å². The van der Waals surface area contributed by atoms with Crippen molar-refractivity contribution >= 4 is 50.5 Å². The van der Waals surface area contributed by atoms with Gasteiger partial charge in [-0.05, 0) is 52.3 Å². The maximum absolute atomic E-state index is 12.3. The first-order valence-electron chi connectivity index (χ1n) is 6.21. The highest BCUT2D eigenvalue weighted by Gasteiger charge is 2.11. The van der Waals surface area contributed by atoms with Gasteiger partial charge < -0.3 is 16.0 Å². The van der Waals surface area contributed by atoms with Gasteiger partial charge in [-0.1, -0.05) is 11.6 Å². The summed E-state index contributed by atoms with van der Waals surface area (Å²) in [7, 11) is 3.79. The number of nitrogens with zero attached hydrogens (tertiary/aromatic N) is 1. The molecular formula is C15H15BrClN3O. The number of hydrogen-bond acceptors (Lipinski definition) is 3. The molecule has 0 saturated heterocycles. The number of amides is 1. The van der Waals surface area contributed by atoms with Crippen LogP contribution < -0.4 is 16.0 Å². The van der Waals surface area contributed by atoms with Crippen LogP contribution in [0.15, 0.2) is 40.9 Å². The monoisotopic (exact) mass is 367 g/mol. The first-order valence-corrected chi connectivity index (χ1v) is 7.39. The maximum Gasteiger partial charge on any atom is 0.255 e. The molecule has 0 bridgehead atoms. The number of nitrogen functional groups attached to an aromatic ring is 1. The van der Waals surface area contributed by atoms with Crippen molar-refractivity contribution in [2.45, 2.75) is 0 Å². The molecule has 2 aromatic carbocycles. The molecule has 3 N–H and O–H groups in total. The predicted octanol–water partition coefficient (Wildman–Crippen LogP) is 4.00. The lowest BCUT2D eigenvalue weighted by Crippen LogP contribution is -2.15. The van der Waals surface area contributed by atoms with Gasteiger partial charge in [-0.15, -0.1) is 0 Å². The Bertz CT molecular complexity index is 689. The van der Waals surface area contributed by atoms with Crippen LogP contribution in [0.5, 0.6) is 0 Å². The zero-order valence-electron chi connectivity index (χ0n) is 11.7. The molecule has 4 nitrogen and oxygen atoms in total. The summed E-state index contributed by atoms with van der Waals surface area (Å²) >= 11 is 9.30. The van der Waals surface area contributed by atoms with E-state index >= 15 is 0 Å². The average Bonchev–Trinajstić information content (AvgIpc) is 2.42. The molecular weight excluding hydrogens is 354 g/mol. The van der Waals surface area contributed by atoms with Crippen LogP contribution in [0, 0.1) is 0 Å². The molecule has 0 heterocycles. The van der Waals surface area contributed by atoms with Crippen LogP contribution in [0.1, 0.15) is 10.4 Å². The van der Waals surface area contributed by atoms with Crippen molar-refractivity contribution < 1.29 is 4.79 Å². The first-order chi connectivity index (χ1) is 9.88. The summed E-state index contributed by atoms with van der Waals surface area (Å²) in [6, 6.07) is 10.4. The number of anilines is 3.